The van der Waals surface area contributed by atoms with Gasteiger partial charge in [0.2, 0.25) is 5.91 Å². The highest BCUT2D eigenvalue weighted by Crippen LogP contribution is 2.40. The molecule has 1 aliphatic carbocycles. The molecule has 1 atom stereocenters. The van der Waals surface area contributed by atoms with Crippen LogP contribution in [0.2, 0.25) is 0 Å². The van der Waals surface area contributed by atoms with Crippen LogP contribution in [0.1, 0.15) is 29.9 Å². The molecule has 4 nitrogen and oxygen atoms in total. The molecule has 0 spiro atoms. The number of amides is 1. The number of fused-ring (bicyclic) bond motifs is 1. The van der Waals surface area contributed by atoms with E-state index < -0.39 is 0 Å². The minimum Gasteiger partial charge on any atom is -0.497 e. The lowest BCUT2D eigenvalue weighted by atomic mass is 9.86. The molecule has 0 aromatic heterocycles. The Bertz CT molecular complexity index is 780. The number of anilines is 1. The predicted octanol–water partition coefficient (Wildman–Crippen LogP) is 3.79. The van der Waals surface area contributed by atoms with Crippen molar-refractivity contribution in [3.05, 3.63) is 53.6 Å². The molecule has 25 heavy (non-hydrogen) atoms. The standard InChI is InChI=1S/C21H23NO3/c1-24-18-8-5-14(6-9-18)17-11-16-7-10-19(25-2)12-20(16)22(13-17)21(23)15-3-4-15/h5-10,12,15,17H,3-4,11,13H2,1-2H3. The maximum atomic E-state index is 12.9. The molecule has 1 saturated carbocycles. The monoisotopic (exact) mass is 337 g/mol. The Balaban J connectivity index is 1.68. The van der Waals surface area contributed by atoms with Crippen LogP contribution >= 0.6 is 0 Å². The molecule has 4 heteroatoms. The topological polar surface area (TPSA) is 38.8 Å². The quantitative estimate of drug-likeness (QED) is 0.852. The summed E-state index contributed by atoms with van der Waals surface area (Å²) in [5.41, 5.74) is 3.47. The maximum absolute atomic E-state index is 12.9. The lowest BCUT2D eigenvalue weighted by Crippen LogP contribution is -2.40. The van der Waals surface area contributed by atoms with Crippen LogP contribution in [0.4, 0.5) is 5.69 Å². The number of benzene rings is 2. The van der Waals surface area contributed by atoms with Gasteiger partial charge in [0.1, 0.15) is 11.5 Å². The molecule has 2 aliphatic rings. The number of methoxy groups -OCH3 is 2. The van der Waals surface area contributed by atoms with E-state index in [1.54, 1.807) is 14.2 Å². The second kappa shape index (κ2) is 6.43. The van der Waals surface area contributed by atoms with Crippen molar-refractivity contribution in [3.63, 3.8) is 0 Å². The van der Waals surface area contributed by atoms with Gasteiger partial charge in [-0.2, -0.15) is 0 Å². The SMILES string of the molecule is COc1ccc(C2Cc3ccc(OC)cc3N(C(=O)C3CC3)C2)cc1. The summed E-state index contributed by atoms with van der Waals surface area (Å²) >= 11 is 0. The number of hydrogen-bond acceptors (Lipinski definition) is 3. The van der Waals surface area contributed by atoms with Crippen LogP contribution in [0.15, 0.2) is 42.5 Å². The van der Waals surface area contributed by atoms with Crippen molar-refractivity contribution in [2.24, 2.45) is 5.92 Å². The highest BCUT2D eigenvalue weighted by Gasteiger charge is 2.38. The van der Waals surface area contributed by atoms with Crippen LogP contribution in [0.25, 0.3) is 0 Å². The van der Waals surface area contributed by atoms with E-state index in [0.29, 0.717) is 5.92 Å². The molecule has 2 aromatic carbocycles. The van der Waals surface area contributed by atoms with Crippen LogP contribution in [0.5, 0.6) is 11.5 Å². The molecule has 1 amide bonds. The lowest BCUT2D eigenvalue weighted by Gasteiger charge is -2.35. The normalized spacial score (nSPS) is 19.3. The number of nitrogens with zero attached hydrogens (tertiary/aromatic N) is 1. The molecule has 130 valence electrons. The summed E-state index contributed by atoms with van der Waals surface area (Å²) in [7, 11) is 3.34. The van der Waals surface area contributed by atoms with Gasteiger partial charge in [-0.15, -0.1) is 0 Å². The highest BCUT2D eigenvalue weighted by molar-refractivity contribution is 5.98. The van der Waals surface area contributed by atoms with E-state index in [2.05, 4.69) is 18.2 Å². The largest absolute Gasteiger partial charge is 0.497 e. The molecule has 1 unspecified atom stereocenters. The molecular weight excluding hydrogens is 314 g/mol. The number of carbonyl (C=O) groups excluding carboxylic acids is 1. The van der Waals surface area contributed by atoms with Crippen LogP contribution in [0, 0.1) is 5.92 Å². The summed E-state index contributed by atoms with van der Waals surface area (Å²) in [5, 5.41) is 0. The lowest BCUT2D eigenvalue weighted by molar-refractivity contribution is -0.119. The van der Waals surface area contributed by atoms with Gasteiger partial charge in [-0.05, 0) is 48.6 Å². The Morgan fingerprint density at radius 2 is 1.68 bits per heavy atom. The average molecular weight is 337 g/mol. The van der Waals surface area contributed by atoms with Crippen molar-refractivity contribution in [2.45, 2.75) is 25.2 Å². The smallest absolute Gasteiger partial charge is 0.230 e. The van der Waals surface area contributed by atoms with Crippen molar-refractivity contribution in [2.75, 3.05) is 25.7 Å². The molecule has 2 aromatic rings. The Morgan fingerprint density at radius 3 is 2.32 bits per heavy atom. The molecule has 0 saturated heterocycles. The van der Waals surface area contributed by atoms with Crippen molar-refractivity contribution in [3.8, 4) is 11.5 Å². The Kier molecular flexibility index (Phi) is 4.12. The summed E-state index contributed by atoms with van der Waals surface area (Å²) < 4.78 is 10.6. The molecule has 0 radical (unpaired) electrons. The number of hydrogen-bond donors (Lipinski definition) is 0. The van der Waals surface area contributed by atoms with E-state index in [4.69, 9.17) is 9.47 Å². The number of rotatable bonds is 4. The zero-order valence-electron chi connectivity index (χ0n) is 14.7. The van der Waals surface area contributed by atoms with Crippen molar-refractivity contribution < 1.29 is 14.3 Å². The molecule has 0 bridgehead atoms. The summed E-state index contributed by atoms with van der Waals surface area (Å²) in [6.45, 7) is 0.724. The third-order valence-corrected chi connectivity index (χ3v) is 5.23. The van der Waals surface area contributed by atoms with Gasteiger partial charge in [0, 0.05) is 24.4 Å². The van der Waals surface area contributed by atoms with E-state index in [1.807, 2.05) is 29.2 Å². The third kappa shape index (κ3) is 3.09. The van der Waals surface area contributed by atoms with Gasteiger partial charge in [0.15, 0.2) is 0 Å². The van der Waals surface area contributed by atoms with E-state index in [1.165, 1.54) is 11.1 Å². The molecular formula is C21H23NO3. The van der Waals surface area contributed by atoms with Gasteiger partial charge in [0.05, 0.1) is 19.9 Å². The van der Waals surface area contributed by atoms with Crippen LogP contribution in [-0.4, -0.2) is 26.7 Å². The van der Waals surface area contributed by atoms with Gasteiger partial charge in [0.25, 0.3) is 0 Å². The third-order valence-electron chi connectivity index (χ3n) is 5.23. The van der Waals surface area contributed by atoms with Crippen LogP contribution in [-0.2, 0) is 11.2 Å². The van der Waals surface area contributed by atoms with E-state index in [0.717, 1.165) is 43.0 Å². The Hall–Kier alpha value is -2.49. The number of carbonyl (C=O) groups is 1. The summed E-state index contributed by atoms with van der Waals surface area (Å²) in [4.78, 5) is 14.8. The second-order valence-corrected chi connectivity index (χ2v) is 6.89. The van der Waals surface area contributed by atoms with Crippen molar-refractivity contribution in [1.82, 2.24) is 0 Å². The minimum absolute atomic E-state index is 0.202. The zero-order valence-corrected chi connectivity index (χ0v) is 14.7. The van der Waals surface area contributed by atoms with Crippen molar-refractivity contribution >= 4 is 11.6 Å². The fraction of sp³-hybridized carbons (Fsp3) is 0.381. The van der Waals surface area contributed by atoms with Gasteiger partial charge in [-0.1, -0.05) is 18.2 Å². The van der Waals surface area contributed by atoms with Gasteiger partial charge in [-0.25, -0.2) is 0 Å². The number of ether oxygens (including phenoxy) is 2. The van der Waals surface area contributed by atoms with E-state index in [-0.39, 0.29) is 11.8 Å². The molecule has 1 heterocycles. The summed E-state index contributed by atoms with van der Waals surface area (Å²) in [5.74, 6) is 2.42. The van der Waals surface area contributed by atoms with Crippen LogP contribution < -0.4 is 14.4 Å². The first-order valence-electron chi connectivity index (χ1n) is 8.82. The maximum Gasteiger partial charge on any atom is 0.230 e. The molecule has 1 fully saturated rings. The highest BCUT2D eigenvalue weighted by atomic mass is 16.5. The van der Waals surface area contributed by atoms with E-state index >= 15 is 0 Å². The fourth-order valence-electron chi connectivity index (χ4n) is 3.60. The zero-order chi connectivity index (χ0) is 17.4. The first-order chi connectivity index (χ1) is 12.2. The fourth-order valence-corrected chi connectivity index (χ4v) is 3.60. The molecule has 1 aliphatic heterocycles. The molecule has 4 rings (SSSR count). The Morgan fingerprint density at radius 1 is 1.00 bits per heavy atom. The second-order valence-electron chi connectivity index (χ2n) is 6.89. The van der Waals surface area contributed by atoms with Gasteiger partial charge < -0.3 is 14.4 Å². The van der Waals surface area contributed by atoms with E-state index in [9.17, 15) is 4.79 Å². The van der Waals surface area contributed by atoms with Crippen LogP contribution in [0.3, 0.4) is 0 Å². The first kappa shape index (κ1) is 16.0. The van der Waals surface area contributed by atoms with Crippen molar-refractivity contribution in [1.29, 1.82) is 0 Å². The average Bonchev–Trinajstić information content (AvgIpc) is 3.51. The van der Waals surface area contributed by atoms with Gasteiger partial charge >= 0.3 is 0 Å². The first-order valence-corrected chi connectivity index (χ1v) is 8.82. The summed E-state index contributed by atoms with van der Waals surface area (Å²) in [6, 6.07) is 14.3. The summed E-state index contributed by atoms with van der Waals surface area (Å²) in [6.07, 6.45) is 2.96. The Labute approximate surface area is 148 Å². The molecule has 0 N–H and O–H groups in total. The predicted molar refractivity (Wildman–Crippen MR) is 97.5 cm³/mol. The minimum atomic E-state index is 0.202. The van der Waals surface area contributed by atoms with Gasteiger partial charge in [-0.3, -0.25) is 4.79 Å².